The summed E-state index contributed by atoms with van der Waals surface area (Å²) in [6, 6.07) is 6.28. The monoisotopic (exact) mass is 235 g/mol. The number of halogens is 1. The summed E-state index contributed by atoms with van der Waals surface area (Å²) in [5.74, 6) is -0.349. The smallest absolute Gasteiger partial charge is 0.149 e. The number of aromatic nitrogens is 2. The molecule has 0 aliphatic heterocycles. The van der Waals surface area contributed by atoms with E-state index >= 15 is 0 Å². The molecule has 0 saturated carbocycles. The minimum atomic E-state index is -0.349. The average molecular weight is 235 g/mol. The Hall–Kier alpha value is -1.72. The maximum atomic E-state index is 13.9. The van der Waals surface area contributed by atoms with Crippen molar-refractivity contribution in [2.75, 3.05) is 13.7 Å². The Balaban J connectivity index is 2.29. The van der Waals surface area contributed by atoms with Gasteiger partial charge >= 0.3 is 0 Å². The minimum Gasteiger partial charge on any atom is -0.383 e. The second-order valence-electron chi connectivity index (χ2n) is 3.72. The topological polar surface area (TPSA) is 53.1 Å². The van der Waals surface area contributed by atoms with Gasteiger partial charge in [0.05, 0.1) is 12.6 Å². The third-order valence-electron chi connectivity index (χ3n) is 2.50. The van der Waals surface area contributed by atoms with E-state index in [2.05, 4.69) is 5.10 Å². The fourth-order valence-electron chi connectivity index (χ4n) is 1.63. The zero-order valence-electron chi connectivity index (χ0n) is 9.51. The largest absolute Gasteiger partial charge is 0.383 e. The van der Waals surface area contributed by atoms with Crippen molar-refractivity contribution < 1.29 is 9.13 Å². The Morgan fingerprint density at radius 3 is 2.94 bits per heavy atom. The zero-order chi connectivity index (χ0) is 12.3. The number of benzene rings is 1. The first kappa shape index (κ1) is 11.8. The van der Waals surface area contributed by atoms with Gasteiger partial charge in [-0.15, -0.1) is 0 Å². The Bertz CT molecular complexity index is 485. The van der Waals surface area contributed by atoms with Crippen molar-refractivity contribution in [2.24, 2.45) is 5.73 Å². The highest BCUT2D eigenvalue weighted by atomic mass is 19.1. The molecule has 1 atom stereocenters. The Morgan fingerprint density at radius 2 is 2.35 bits per heavy atom. The van der Waals surface area contributed by atoms with E-state index in [1.165, 1.54) is 10.7 Å². The van der Waals surface area contributed by atoms with Crippen LogP contribution in [0.1, 0.15) is 11.6 Å². The molecule has 90 valence electrons. The van der Waals surface area contributed by atoms with E-state index in [0.29, 0.717) is 17.9 Å². The summed E-state index contributed by atoms with van der Waals surface area (Å²) < 4.78 is 20.3. The molecule has 2 rings (SSSR count). The van der Waals surface area contributed by atoms with Crippen molar-refractivity contribution in [3.8, 4) is 5.69 Å². The van der Waals surface area contributed by atoms with Gasteiger partial charge in [-0.05, 0) is 23.8 Å². The summed E-state index contributed by atoms with van der Waals surface area (Å²) >= 11 is 0. The number of nitrogens with zero attached hydrogens (tertiary/aromatic N) is 2. The highest BCUT2D eigenvalue weighted by Crippen LogP contribution is 2.18. The van der Waals surface area contributed by atoms with E-state index in [1.807, 2.05) is 0 Å². The lowest BCUT2D eigenvalue weighted by Crippen LogP contribution is -2.16. The second-order valence-corrected chi connectivity index (χ2v) is 3.72. The van der Waals surface area contributed by atoms with E-state index in [0.717, 1.165) is 0 Å². The van der Waals surface area contributed by atoms with Crippen LogP contribution in [0.25, 0.3) is 5.69 Å². The molecule has 1 aromatic carbocycles. The van der Waals surface area contributed by atoms with Crippen LogP contribution in [0.4, 0.5) is 4.39 Å². The van der Waals surface area contributed by atoms with Crippen molar-refractivity contribution in [1.82, 2.24) is 9.78 Å². The fourth-order valence-corrected chi connectivity index (χ4v) is 1.63. The van der Waals surface area contributed by atoms with Gasteiger partial charge in [-0.3, -0.25) is 0 Å². The quantitative estimate of drug-likeness (QED) is 0.876. The maximum Gasteiger partial charge on any atom is 0.149 e. The summed E-state index contributed by atoms with van der Waals surface area (Å²) in [7, 11) is 1.56. The first-order valence-electron chi connectivity index (χ1n) is 5.26. The van der Waals surface area contributed by atoms with Crippen molar-refractivity contribution in [2.45, 2.75) is 6.04 Å². The molecule has 0 amide bonds. The number of hydrogen-bond donors (Lipinski definition) is 1. The van der Waals surface area contributed by atoms with E-state index in [-0.39, 0.29) is 11.9 Å². The van der Waals surface area contributed by atoms with E-state index in [4.69, 9.17) is 10.5 Å². The third kappa shape index (κ3) is 2.51. The van der Waals surface area contributed by atoms with Crippen LogP contribution in [0.3, 0.4) is 0 Å². The second kappa shape index (κ2) is 5.07. The molecular formula is C12H14FN3O. The molecule has 2 aromatic rings. The van der Waals surface area contributed by atoms with Crippen LogP contribution in [-0.4, -0.2) is 23.5 Å². The third-order valence-corrected chi connectivity index (χ3v) is 2.50. The molecule has 0 aliphatic rings. The van der Waals surface area contributed by atoms with Crippen LogP contribution < -0.4 is 5.73 Å². The van der Waals surface area contributed by atoms with Crippen molar-refractivity contribution in [1.29, 1.82) is 0 Å². The van der Waals surface area contributed by atoms with Gasteiger partial charge in [0, 0.05) is 19.5 Å². The predicted octanol–water partition coefficient (Wildman–Crippen LogP) is 1.66. The number of hydrogen-bond acceptors (Lipinski definition) is 3. The van der Waals surface area contributed by atoms with Gasteiger partial charge in [0.25, 0.3) is 0 Å². The lowest BCUT2D eigenvalue weighted by atomic mass is 10.1. The summed E-state index contributed by atoms with van der Waals surface area (Å²) in [6.07, 6.45) is 3.29. The molecule has 4 nitrogen and oxygen atoms in total. The predicted molar refractivity (Wildman–Crippen MR) is 62.3 cm³/mol. The van der Waals surface area contributed by atoms with Crippen LogP contribution in [0.2, 0.25) is 0 Å². The molecular weight excluding hydrogens is 221 g/mol. The van der Waals surface area contributed by atoms with Crippen molar-refractivity contribution >= 4 is 0 Å². The summed E-state index contributed by atoms with van der Waals surface area (Å²) in [5, 5.41) is 3.98. The molecule has 0 spiro atoms. The normalized spacial score (nSPS) is 12.6. The first-order valence-corrected chi connectivity index (χ1v) is 5.26. The van der Waals surface area contributed by atoms with E-state index < -0.39 is 0 Å². The van der Waals surface area contributed by atoms with Crippen LogP contribution in [0.15, 0.2) is 36.7 Å². The van der Waals surface area contributed by atoms with Gasteiger partial charge in [0.1, 0.15) is 11.5 Å². The van der Waals surface area contributed by atoms with Crippen LogP contribution in [-0.2, 0) is 4.74 Å². The van der Waals surface area contributed by atoms with Gasteiger partial charge in [0.15, 0.2) is 0 Å². The molecule has 0 radical (unpaired) electrons. The highest BCUT2D eigenvalue weighted by molar-refractivity contribution is 5.36. The van der Waals surface area contributed by atoms with Gasteiger partial charge in [-0.25, -0.2) is 9.07 Å². The molecule has 0 fully saturated rings. The fraction of sp³-hybridized carbons (Fsp3) is 0.250. The SMILES string of the molecule is COC[C@@H](N)c1ccc(-n2cccn2)c(F)c1. The standard InChI is InChI=1S/C12H14FN3O/c1-17-8-11(14)9-3-4-12(10(13)7-9)16-6-2-5-15-16/h2-7,11H,8,14H2,1H3/t11-/m1/s1. The van der Waals surface area contributed by atoms with Crippen molar-refractivity contribution in [3.63, 3.8) is 0 Å². The molecule has 0 saturated heterocycles. The molecule has 1 heterocycles. The van der Waals surface area contributed by atoms with E-state index in [9.17, 15) is 4.39 Å². The summed E-state index contributed by atoms with van der Waals surface area (Å²) in [5.41, 5.74) is 6.94. The van der Waals surface area contributed by atoms with Gasteiger partial charge in [-0.1, -0.05) is 6.07 Å². The molecule has 17 heavy (non-hydrogen) atoms. The Kier molecular flexibility index (Phi) is 3.51. The zero-order valence-corrected chi connectivity index (χ0v) is 9.51. The maximum absolute atomic E-state index is 13.9. The summed E-state index contributed by atoms with van der Waals surface area (Å²) in [4.78, 5) is 0. The lowest BCUT2D eigenvalue weighted by Gasteiger charge is -2.12. The minimum absolute atomic E-state index is 0.318. The molecule has 5 heteroatoms. The Labute approximate surface area is 98.8 Å². The molecule has 0 bridgehead atoms. The van der Waals surface area contributed by atoms with Crippen LogP contribution in [0, 0.1) is 5.82 Å². The number of nitrogens with two attached hydrogens (primary N) is 1. The molecule has 1 aromatic heterocycles. The van der Waals surface area contributed by atoms with Gasteiger partial charge in [0.2, 0.25) is 0 Å². The Morgan fingerprint density at radius 1 is 1.53 bits per heavy atom. The number of ether oxygens (including phenoxy) is 1. The van der Waals surface area contributed by atoms with Crippen LogP contribution in [0.5, 0.6) is 0 Å². The van der Waals surface area contributed by atoms with Gasteiger partial charge in [-0.2, -0.15) is 5.10 Å². The lowest BCUT2D eigenvalue weighted by molar-refractivity contribution is 0.181. The van der Waals surface area contributed by atoms with Crippen molar-refractivity contribution in [3.05, 3.63) is 48.0 Å². The molecule has 2 N–H and O–H groups in total. The molecule has 0 aliphatic carbocycles. The number of rotatable bonds is 4. The first-order chi connectivity index (χ1) is 8.22. The number of methoxy groups -OCH3 is 1. The van der Waals surface area contributed by atoms with Crippen LogP contribution >= 0.6 is 0 Å². The van der Waals surface area contributed by atoms with Gasteiger partial charge < -0.3 is 10.5 Å². The molecule has 0 unspecified atom stereocenters. The average Bonchev–Trinajstić information content (AvgIpc) is 2.82. The summed E-state index contributed by atoms with van der Waals surface area (Å²) in [6.45, 7) is 0.362. The van der Waals surface area contributed by atoms with E-state index in [1.54, 1.807) is 37.7 Å². The highest BCUT2D eigenvalue weighted by Gasteiger charge is 2.10.